The molecule has 0 spiro atoms. The van der Waals surface area contributed by atoms with E-state index in [4.69, 9.17) is 0 Å². The zero-order chi connectivity index (χ0) is 17.2. The van der Waals surface area contributed by atoms with Gasteiger partial charge in [-0.2, -0.15) is 13.2 Å². The van der Waals surface area contributed by atoms with Crippen LogP contribution in [0.25, 0.3) is 16.8 Å². The van der Waals surface area contributed by atoms with E-state index in [0.717, 1.165) is 16.7 Å². The molecule has 0 aliphatic rings. The summed E-state index contributed by atoms with van der Waals surface area (Å²) < 4.78 is 44.2. The van der Waals surface area contributed by atoms with E-state index in [-0.39, 0.29) is 11.3 Å². The van der Waals surface area contributed by atoms with Crippen LogP contribution >= 0.6 is 22.6 Å². The predicted molar refractivity (Wildman–Crippen MR) is 88.8 cm³/mol. The van der Waals surface area contributed by atoms with Crippen molar-refractivity contribution in [2.45, 2.75) is 6.18 Å². The monoisotopic (exact) mass is 433 g/mol. The number of pyridine rings is 1. The molecule has 7 heteroatoms. The van der Waals surface area contributed by atoms with Crippen LogP contribution in [0.5, 0.6) is 0 Å². The predicted octanol–water partition coefficient (Wildman–Crippen LogP) is 4.72. The van der Waals surface area contributed by atoms with E-state index in [1.807, 2.05) is 0 Å². The van der Waals surface area contributed by atoms with Crippen LogP contribution in [0.15, 0.2) is 43.0 Å². The Labute approximate surface area is 144 Å². The Bertz CT molecular complexity index is 755. The number of ether oxygens (including phenoxy) is 1. The normalized spacial score (nSPS) is 11.2. The molecule has 23 heavy (non-hydrogen) atoms. The van der Waals surface area contributed by atoms with E-state index >= 15 is 0 Å². The number of methoxy groups -OCH3 is 1. The number of aromatic nitrogens is 1. The number of alkyl halides is 3. The topological polar surface area (TPSA) is 39.2 Å². The lowest BCUT2D eigenvalue weighted by molar-refractivity contribution is -0.0689. The molecule has 120 valence electrons. The van der Waals surface area contributed by atoms with Gasteiger partial charge in [0.2, 0.25) is 0 Å². The lowest BCUT2D eigenvalue weighted by Gasteiger charge is -2.12. The van der Waals surface area contributed by atoms with Crippen molar-refractivity contribution in [3.63, 3.8) is 0 Å². The van der Waals surface area contributed by atoms with Gasteiger partial charge in [-0.25, -0.2) is 9.78 Å². The first-order chi connectivity index (χ1) is 10.7. The fourth-order valence-electron chi connectivity index (χ4n) is 1.83. The molecule has 0 aliphatic carbocycles. The van der Waals surface area contributed by atoms with Crippen LogP contribution in [0, 0.1) is 3.57 Å². The molecule has 2 rings (SSSR count). The third-order valence-electron chi connectivity index (χ3n) is 3.04. The number of halogens is 4. The summed E-state index contributed by atoms with van der Waals surface area (Å²) in [5.41, 5.74) is -0.711. The third kappa shape index (κ3) is 4.10. The first-order valence-electron chi connectivity index (χ1n) is 6.35. The van der Waals surface area contributed by atoms with Crippen molar-refractivity contribution in [1.82, 2.24) is 4.98 Å². The molecule has 0 N–H and O–H groups in total. The number of hydrogen-bond donors (Lipinski definition) is 0. The molecule has 0 unspecified atom stereocenters. The fraction of sp³-hybridized carbons (Fsp3) is 0.125. The molecular weight excluding hydrogens is 422 g/mol. The molecule has 0 atom stereocenters. The summed E-state index contributed by atoms with van der Waals surface area (Å²) in [5, 5.41) is 0. The molecule has 1 aromatic heterocycles. The number of nitrogens with zero attached hydrogens (tertiary/aromatic N) is 1. The van der Waals surface area contributed by atoms with Gasteiger partial charge in [0.1, 0.15) is 0 Å². The number of rotatable bonds is 3. The van der Waals surface area contributed by atoms with Gasteiger partial charge in [-0.1, -0.05) is 18.7 Å². The fourth-order valence-corrected chi connectivity index (χ4v) is 2.19. The number of hydrogen-bond acceptors (Lipinski definition) is 3. The number of carbonyl (C=O) groups is 1. The maximum atomic E-state index is 12.9. The second kappa shape index (κ2) is 6.69. The van der Waals surface area contributed by atoms with Gasteiger partial charge >= 0.3 is 12.1 Å². The van der Waals surface area contributed by atoms with Crippen molar-refractivity contribution in [3.8, 4) is 11.3 Å². The Morgan fingerprint density at radius 3 is 2.35 bits per heavy atom. The summed E-state index contributed by atoms with van der Waals surface area (Å²) in [6, 6.07) is 9.43. The summed E-state index contributed by atoms with van der Waals surface area (Å²) in [7, 11) is 1.16. The van der Waals surface area contributed by atoms with E-state index in [2.05, 4.69) is 38.9 Å². The van der Waals surface area contributed by atoms with E-state index in [9.17, 15) is 18.0 Å². The van der Waals surface area contributed by atoms with Gasteiger partial charge in [0, 0.05) is 9.13 Å². The molecule has 0 bridgehead atoms. The number of carbonyl (C=O) groups excluding carboxylic acids is 1. The average molecular weight is 433 g/mol. The van der Waals surface area contributed by atoms with Crippen molar-refractivity contribution in [3.05, 3.63) is 57.8 Å². The van der Waals surface area contributed by atoms with Gasteiger partial charge in [0.25, 0.3) is 0 Å². The number of allylic oxidation sites excluding steroid dienone is 1. The maximum absolute atomic E-state index is 12.9. The minimum absolute atomic E-state index is 0.0172. The first-order valence-corrected chi connectivity index (χ1v) is 7.43. The van der Waals surface area contributed by atoms with E-state index in [1.54, 1.807) is 24.3 Å². The van der Waals surface area contributed by atoms with Crippen LogP contribution in [0.3, 0.4) is 0 Å². The van der Waals surface area contributed by atoms with Gasteiger partial charge in [-0.3, -0.25) is 0 Å². The SMILES string of the molecule is C=C(c1cc(C(=O)OC)cc(-c2ccc(I)cc2)n1)C(F)(F)F. The molecular formula is C16H11F3INO2. The largest absolute Gasteiger partial charge is 0.465 e. The summed E-state index contributed by atoms with van der Waals surface area (Å²) in [6.07, 6.45) is -4.63. The van der Waals surface area contributed by atoms with Crippen molar-refractivity contribution in [2.24, 2.45) is 0 Å². The Hall–Kier alpha value is -1.90. The average Bonchev–Trinajstić information content (AvgIpc) is 2.52. The maximum Gasteiger partial charge on any atom is 0.417 e. The van der Waals surface area contributed by atoms with Gasteiger partial charge < -0.3 is 4.74 Å². The molecule has 0 radical (unpaired) electrons. The van der Waals surface area contributed by atoms with E-state index in [1.165, 1.54) is 6.07 Å². The second-order valence-corrected chi connectivity index (χ2v) is 5.85. The Balaban J connectivity index is 2.60. The summed E-state index contributed by atoms with van der Waals surface area (Å²) in [4.78, 5) is 15.7. The Morgan fingerprint density at radius 2 is 1.83 bits per heavy atom. The van der Waals surface area contributed by atoms with Crippen LogP contribution in [0.4, 0.5) is 13.2 Å². The summed E-state index contributed by atoms with van der Waals surface area (Å²) in [5.74, 6) is -0.740. The molecule has 1 aromatic carbocycles. The van der Waals surface area contributed by atoms with Crippen molar-refractivity contribution in [1.29, 1.82) is 0 Å². The highest BCUT2D eigenvalue weighted by Crippen LogP contribution is 2.33. The highest BCUT2D eigenvalue weighted by Gasteiger charge is 2.34. The number of esters is 1. The van der Waals surface area contributed by atoms with Crippen LogP contribution < -0.4 is 0 Å². The lowest BCUT2D eigenvalue weighted by atomic mass is 10.1. The standard InChI is InChI=1S/C16H11F3INO2/c1-9(16(17,18)19)13-7-11(15(22)23-2)8-14(21-13)10-3-5-12(20)6-4-10/h3-8H,1H2,2H3. The van der Waals surface area contributed by atoms with Crippen LogP contribution in [-0.4, -0.2) is 24.2 Å². The third-order valence-corrected chi connectivity index (χ3v) is 3.76. The number of benzene rings is 1. The van der Waals surface area contributed by atoms with Gasteiger partial charge in [-0.15, -0.1) is 0 Å². The highest BCUT2D eigenvalue weighted by atomic mass is 127. The van der Waals surface area contributed by atoms with Crippen LogP contribution in [0.2, 0.25) is 0 Å². The zero-order valence-corrected chi connectivity index (χ0v) is 14.1. The van der Waals surface area contributed by atoms with Crippen LogP contribution in [-0.2, 0) is 4.74 Å². The molecule has 3 nitrogen and oxygen atoms in total. The van der Waals surface area contributed by atoms with Gasteiger partial charge in [0.05, 0.1) is 29.6 Å². The van der Waals surface area contributed by atoms with E-state index in [0.29, 0.717) is 5.56 Å². The smallest absolute Gasteiger partial charge is 0.417 e. The molecule has 0 amide bonds. The molecule has 0 fully saturated rings. The van der Waals surface area contributed by atoms with E-state index < -0.39 is 23.4 Å². The molecule has 0 aliphatic heterocycles. The quantitative estimate of drug-likeness (QED) is 0.520. The van der Waals surface area contributed by atoms with Crippen molar-refractivity contribution < 1.29 is 22.7 Å². The summed E-state index contributed by atoms with van der Waals surface area (Å²) >= 11 is 2.11. The Morgan fingerprint density at radius 1 is 1.22 bits per heavy atom. The highest BCUT2D eigenvalue weighted by molar-refractivity contribution is 14.1. The molecule has 2 aromatic rings. The minimum atomic E-state index is -4.63. The molecule has 0 saturated carbocycles. The Kier molecular flexibility index (Phi) is 5.08. The molecule has 1 heterocycles. The first kappa shape index (κ1) is 17.5. The van der Waals surface area contributed by atoms with Gasteiger partial charge in [-0.05, 0) is 46.9 Å². The van der Waals surface area contributed by atoms with Crippen LogP contribution in [0.1, 0.15) is 16.1 Å². The lowest BCUT2D eigenvalue weighted by Crippen LogP contribution is -2.12. The zero-order valence-electron chi connectivity index (χ0n) is 11.9. The minimum Gasteiger partial charge on any atom is -0.465 e. The van der Waals surface area contributed by atoms with Crippen molar-refractivity contribution >= 4 is 34.1 Å². The second-order valence-electron chi connectivity index (χ2n) is 4.60. The van der Waals surface area contributed by atoms with Crippen molar-refractivity contribution in [2.75, 3.05) is 7.11 Å². The summed E-state index contributed by atoms with van der Waals surface area (Å²) in [6.45, 7) is 3.03. The van der Waals surface area contributed by atoms with Gasteiger partial charge in [0.15, 0.2) is 0 Å². The molecule has 0 saturated heterocycles.